The molecule has 2 amide bonds. The maximum atomic E-state index is 11.7. The predicted octanol–water partition coefficient (Wildman–Crippen LogP) is 0.707. The molecule has 5 nitrogen and oxygen atoms in total. The summed E-state index contributed by atoms with van der Waals surface area (Å²) >= 11 is 1.32. The summed E-state index contributed by atoms with van der Waals surface area (Å²) < 4.78 is 0. The van der Waals surface area contributed by atoms with Crippen LogP contribution in [0.5, 0.6) is 0 Å². The van der Waals surface area contributed by atoms with Crippen molar-refractivity contribution in [3.63, 3.8) is 0 Å². The topological polar surface area (TPSA) is 69.6 Å². The largest absolute Gasteiger partial charge is 0.389 e. The zero-order valence-corrected chi connectivity index (χ0v) is 11.6. The summed E-state index contributed by atoms with van der Waals surface area (Å²) in [6, 6.07) is 3.48. The van der Waals surface area contributed by atoms with Gasteiger partial charge < -0.3 is 15.3 Å². The summed E-state index contributed by atoms with van der Waals surface area (Å²) in [6.07, 6.45) is 0. The van der Waals surface area contributed by atoms with Crippen molar-refractivity contribution in [2.75, 3.05) is 20.1 Å². The van der Waals surface area contributed by atoms with Crippen molar-refractivity contribution in [1.82, 2.24) is 10.2 Å². The summed E-state index contributed by atoms with van der Waals surface area (Å²) in [4.78, 5) is 25.3. The normalized spacial score (nSPS) is 11.1. The molecule has 1 heterocycles. The van der Waals surface area contributed by atoms with Gasteiger partial charge in [0.1, 0.15) is 0 Å². The molecule has 1 rings (SSSR count). The fourth-order valence-electron chi connectivity index (χ4n) is 1.45. The van der Waals surface area contributed by atoms with E-state index in [0.29, 0.717) is 4.88 Å². The summed E-state index contributed by atoms with van der Waals surface area (Å²) in [5.41, 5.74) is -0.942. The van der Waals surface area contributed by atoms with Crippen LogP contribution in [0.25, 0.3) is 0 Å². The molecule has 1 aromatic rings. The van der Waals surface area contributed by atoms with Crippen molar-refractivity contribution >= 4 is 23.2 Å². The first-order valence-electron chi connectivity index (χ1n) is 5.57. The van der Waals surface area contributed by atoms with Crippen molar-refractivity contribution in [2.24, 2.45) is 0 Å². The van der Waals surface area contributed by atoms with Crippen LogP contribution < -0.4 is 5.32 Å². The Morgan fingerprint density at radius 1 is 1.50 bits per heavy atom. The molecule has 0 saturated heterocycles. The maximum absolute atomic E-state index is 11.7. The highest BCUT2D eigenvalue weighted by Crippen LogP contribution is 2.07. The number of amides is 2. The van der Waals surface area contributed by atoms with Crippen molar-refractivity contribution < 1.29 is 14.7 Å². The number of carbonyl (C=O) groups excluding carboxylic acids is 2. The average molecular weight is 270 g/mol. The highest BCUT2D eigenvalue weighted by atomic mass is 32.1. The molecule has 0 unspecified atom stereocenters. The van der Waals surface area contributed by atoms with Gasteiger partial charge in [0.05, 0.1) is 17.0 Å². The third-order valence-corrected chi connectivity index (χ3v) is 3.06. The lowest BCUT2D eigenvalue weighted by Crippen LogP contribution is -2.44. The van der Waals surface area contributed by atoms with E-state index in [1.54, 1.807) is 38.4 Å². The van der Waals surface area contributed by atoms with Crippen LogP contribution in [0.15, 0.2) is 17.5 Å². The molecule has 0 aliphatic carbocycles. The lowest BCUT2D eigenvalue weighted by atomic mass is 10.1. The highest BCUT2D eigenvalue weighted by molar-refractivity contribution is 7.12. The maximum Gasteiger partial charge on any atom is 0.261 e. The van der Waals surface area contributed by atoms with Crippen LogP contribution in [-0.2, 0) is 4.79 Å². The monoisotopic (exact) mass is 270 g/mol. The third-order valence-electron chi connectivity index (χ3n) is 2.20. The number of hydrogen-bond acceptors (Lipinski definition) is 4. The number of rotatable bonds is 5. The minimum atomic E-state index is -0.942. The van der Waals surface area contributed by atoms with Gasteiger partial charge in [-0.3, -0.25) is 9.59 Å². The molecule has 18 heavy (non-hydrogen) atoms. The van der Waals surface area contributed by atoms with Crippen LogP contribution in [0.4, 0.5) is 0 Å². The van der Waals surface area contributed by atoms with Crippen LogP contribution in [0.3, 0.4) is 0 Å². The van der Waals surface area contributed by atoms with E-state index in [0.717, 1.165) is 0 Å². The Kier molecular flexibility index (Phi) is 4.86. The highest BCUT2D eigenvalue weighted by Gasteiger charge is 2.19. The molecule has 1 aromatic heterocycles. The number of carbonyl (C=O) groups is 2. The number of hydrogen-bond donors (Lipinski definition) is 2. The Morgan fingerprint density at radius 2 is 2.17 bits per heavy atom. The number of nitrogens with zero attached hydrogens (tertiary/aromatic N) is 1. The van der Waals surface area contributed by atoms with Gasteiger partial charge in [0.2, 0.25) is 5.91 Å². The van der Waals surface area contributed by atoms with E-state index in [9.17, 15) is 14.7 Å². The Hall–Kier alpha value is -1.40. The number of aliphatic hydroxyl groups is 1. The van der Waals surface area contributed by atoms with Gasteiger partial charge in [-0.2, -0.15) is 0 Å². The molecule has 100 valence electrons. The molecule has 6 heteroatoms. The van der Waals surface area contributed by atoms with Crippen LogP contribution in [0.2, 0.25) is 0 Å². The van der Waals surface area contributed by atoms with Gasteiger partial charge in [-0.25, -0.2) is 0 Å². The van der Waals surface area contributed by atoms with Gasteiger partial charge in [0, 0.05) is 13.6 Å². The summed E-state index contributed by atoms with van der Waals surface area (Å²) in [5.74, 6) is -0.489. The number of nitrogens with one attached hydrogen (secondary N) is 1. The van der Waals surface area contributed by atoms with E-state index < -0.39 is 5.60 Å². The van der Waals surface area contributed by atoms with Gasteiger partial charge in [0.15, 0.2) is 0 Å². The van der Waals surface area contributed by atoms with Crippen molar-refractivity contribution in [2.45, 2.75) is 19.4 Å². The fraction of sp³-hybridized carbons (Fsp3) is 0.500. The van der Waals surface area contributed by atoms with Gasteiger partial charge in [-0.1, -0.05) is 6.07 Å². The van der Waals surface area contributed by atoms with Gasteiger partial charge in [0.25, 0.3) is 5.91 Å². The standard InChI is InChI=1S/C12H18N2O3S/c1-12(2,17)8-14(3)10(15)7-13-11(16)9-5-4-6-18-9/h4-6,17H,7-8H2,1-3H3,(H,13,16). The van der Waals surface area contributed by atoms with Crippen molar-refractivity contribution in [1.29, 1.82) is 0 Å². The van der Waals surface area contributed by atoms with E-state index in [1.165, 1.54) is 16.2 Å². The minimum absolute atomic E-state index is 0.0662. The van der Waals surface area contributed by atoms with Crippen LogP contribution in [0.1, 0.15) is 23.5 Å². The van der Waals surface area contributed by atoms with Crippen LogP contribution in [0, 0.1) is 0 Å². The second-order valence-electron chi connectivity index (χ2n) is 4.72. The molecule has 2 N–H and O–H groups in total. The first kappa shape index (κ1) is 14.7. The third kappa shape index (κ3) is 4.85. The van der Waals surface area contributed by atoms with Crippen LogP contribution in [-0.4, -0.2) is 47.6 Å². The van der Waals surface area contributed by atoms with Crippen molar-refractivity contribution in [3.8, 4) is 0 Å². The van der Waals surface area contributed by atoms with E-state index in [4.69, 9.17) is 0 Å². The molecule has 0 aliphatic heterocycles. The molecule has 0 radical (unpaired) electrons. The SMILES string of the molecule is CN(CC(C)(C)O)C(=O)CNC(=O)c1cccs1. The van der Waals surface area contributed by atoms with Gasteiger partial charge >= 0.3 is 0 Å². The Labute approximate surface area is 110 Å². The molecule has 0 fully saturated rings. The Bertz CT molecular complexity index is 409. The van der Waals surface area contributed by atoms with Crippen LogP contribution >= 0.6 is 11.3 Å². The molecule has 0 saturated carbocycles. The smallest absolute Gasteiger partial charge is 0.261 e. The number of thiophene rings is 1. The molecule has 0 spiro atoms. The summed E-state index contributed by atoms with van der Waals surface area (Å²) in [6.45, 7) is 3.41. The second kappa shape index (κ2) is 5.97. The van der Waals surface area contributed by atoms with E-state index in [-0.39, 0.29) is 24.9 Å². The number of likely N-dealkylation sites (N-methyl/N-ethyl adjacent to an activating group) is 1. The van der Waals surface area contributed by atoms with Gasteiger partial charge in [-0.15, -0.1) is 11.3 Å². The lowest BCUT2D eigenvalue weighted by Gasteiger charge is -2.25. The second-order valence-corrected chi connectivity index (χ2v) is 5.67. The average Bonchev–Trinajstić information content (AvgIpc) is 2.76. The quantitative estimate of drug-likeness (QED) is 0.828. The zero-order chi connectivity index (χ0) is 13.8. The summed E-state index contributed by atoms with van der Waals surface area (Å²) in [7, 11) is 1.59. The fourth-order valence-corrected chi connectivity index (χ4v) is 2.09. The van der Waals surface area contributed by atoms with E-state index in [2.05, 4.69) is 5.32 Å². The first-order valence-corrected chi connectivity index (χ1v) is 6.45. The Balaban J connectivity index is 2.39. The molecule has 0 aromatic carbocycles. The minimum Gasteiger partial charge on any atom is -0.389 e. The molecule has 0 aliphatic rings. The van der Waals surface area contributed by atoms with Crippen molar-refractivity contribution in [3.05, 3.63) is 22.4 Å². The molecular weight excluding hydrogens is 252 g/mol. The predicted molar refractivity (Wildman–Crippen MR) is 70.6 cm³/mol. The zero-order valence-electron chi connectivity index (χ0n) is 10.8. The lowest BCUT2D eigenvalue weighted by molar-refractivity contribution is -0.131. The Morgan fingerprint density at radius 3 is 2.67 bits per heavy atom. The summed E-state index contributed by atoms with van der Waals surface area (Å²) in [5, 5.41) is 13.9. The molecule has 0 atom stereocenters. The first-order chi connectivity index (χ1) is 8.29. The van der Waals surface area contributed by atoms with E-state index >= 15 is 0 Å². The molecule has 0 bridgehead atoms. The van der Waals surface area contributed by atoms with E-state index in [1.807, 2.05) is 0 Å². The van der Waals surface area contributed by atoms with Gasteiger partial charge in [-0.05, 0) is 25.3 Å². The molecular formula is C12H18N2O3S.